The number of nitrogens with zero attached hydrogens (tertiary/aromatic N) is 4. The zero-order chi connectivity index (χ0) is 19.5. The minimum Gasteiger partial charge on any atom is -0.365 e. The molecule has 144 valence electrons. The maximum absolute atomic E-state index is 12.9. The van der Waals surface area contributed by atoms with Crippen molar-refractivity contribution in [1.82, 2.24) is 24.3 Å². The van der Waals surface area contributed by atoms with Crippen LogP contribution in [0.4, 0.5) is 0 Å². The number of benzene rings is 1. The molecule has 8 nitrogen and oxygen atoms in total. The van der Waals surface area contributed by atoms with Gasteiger partial charge in [-0.05, 0) is 12.0 Å². The molecular formula is C20H21N5O3. The van der Waals surface area contributed by atoms with Crippen molar-refractivity contribution in [2.45, 2.75) is 39.3 Å². The monoisotopic (exact) mass is 379 g/mol. The molecule has 0 bridgehead atoms. The van der Waals surface area contributed by atoms with E-state index >= 15 is 0 Å². The van der Waals surface area contributed by atoms with Crippen LogP contribution in [0.3, 0.4) is 0 Å². The minimum atomic E-state index is -0.347. The first kappa shape index (κ1) is 18.0. The van der Waals surface area contributed by atoms with E-state index in [9.17, 15) is 9.59 Å². The average molecular weight is 379 g/mol. The highest BCUT2D eigenvalue weighted by Gasteiger charge is 2.17. The third-order valence-corrected chi connectivity index (χ3v) is 4.65. The van der Waals surface area contributed by atoms with Crippen LogP contribution >= 0.6 is 0 Å². The average Bonchev–Trinajstić information content (AvgIpc) is 3.36. The third-order valence-electron chi connectivity index (χ3n) is 4.65. The quantitative estimate of drug-likeness (QED) is 0.530. The Morgan fingerprint density at radius 2 is 1.89 bits per heavy atom. The predicted octanol–water partition coefficient (Wildman–Crippen LogP) is 2.12. The van der Waals surface area contributed by atoms with E-state index in [1.54, 1.807) is 10.6 Å². The molecule has 0 radical (unpaired) electrons. The number of rotatable bonds is 7. The van der Waals surface area contributed by atoms with Crippen LogP contribution in [0.2, 0.25) is 0 Å². The first-order valence-corrected chi connectivity index (χ1v) is 9.32. The van der Waals surface area contributed by atoms with Gasteiger partial charge in [0.1, 0.15) is 17.6 Å². The Morgan fingerprint density at radius 3 is 2.61 bits per heavy atom. The molecule has 8 heteroatoms. The van der Waals surface area contributed by atoms with E-state index in [4.69, 9.17) is 4.52 Å². The van der Waals surface area contributed by atoms with E-state index in [2.05, 4.69) is 15.1 Å². The van der Waals surface area contributed by atoms with Gasteiger partial charge in [0.15, 0.2) is 5.65 Å². The van der Waals surface area contributed by atoms with Crippen molar-refractivity contribution >= 4 is 11.2 Å². The number of fused-ring (bicyclic) bond motifs is 1. The Bertz CT molecular complexity index is 1190. The van der Waals surface area contributed by atoms with Crippen molar-refractivity contribution in [3.63, 3.8) is 0 Å². The van der Waals surface area contributed by atoms with Crippen molar-refractivity contribution in [3.8, 4) is 0 Å². The molecule has 1 N–H and O–H groups in total. The third kappa shape index (κ3) is 3.40. The van der Waals surface area contributed by atoms with Gasteiger partial charge >= 0.3 is 5.69 Å². The van der Waals surface area contributed by atoms with E-state index in [0.29, 0.717) is 49.3 Å². The van der Waals surface area contributed by atoms with Crippen LogP contribution in [0.15, 0.2) is 56.8 Å². The van der Waals surface area contributed by atoms with E-state index in [1.165, 1.54) is 10.8 Å². The molecule has 0 atom stereocenters. The summed E-state index contributed by atoms with van der Waals surface area (Å²) in [5, 5.41) is 3.89. The molecule has 1 aromatic carbocycles. The number of nitrogens with one attached hydrogen (secondary N) is 1. The minimum absolute atomic E-state index is 0.327. The van der Waals surface area contributed by atoms with Gasteiger partial charge < -0.3 is 9.51 Å². The Labute approximate surface area is 160 Å². The van der Waals surface area contributed by atoms with Crippen LogP contribution in [0.1, 0.15) is 30.4 Å². The Hall–Kier alpha value is -3.42. The lowest BCUT2D eigenvalue weighted by molar-refractivity contribution is 0.409. The highest BCUT2D eigenvalue weighted by atomic mass is 16.5. The largest absolute Gasteiger partial charge is 0.365 e. The SMILES string of the molecule is CCCn1c(=O)c2[nH]c(Cc3ccccc3)nc2n(CCc2ccon2)c1=O. The smallest absolute Gasteiger partial charge is 0.332 e. The molecule has 4 aromatic rings. The second kappa shape index (κ2) is 7.67. The molecular weight excluding hydrogens is 358 g/mol. The van der Waals surface area contributed by atoms with Gasteiger partial charge in [-0.3, -0.25) is 13.9 Å². The number of aromatic nitrogens is 5. The zero-order valence-electron chi connectivity index (χ0n) is 15.6. The number of H-pyrrole nitrogens is 1. The second-order valence-electron chi connectivity index (χ2n) is 6.68. The van der Waals surface area contributed by atoms with Gasteiger partial charge in [0, 0.05) is 32.0 Å². The van der Waals surface area contributed by atoms with E-state index < -0.39 is 0 Å². The molecule has 0 aliphatic heterocycles. The summed E-state index contributed by atoms with van der Waals surface area (Å²) in [6.45, 7) is 2.66. The van der Waals surface area contributed by atoms with Gasteiger partial charge in [-0.2, -0.15) is 0 Å². The zero-order valence-corrected chi connectivity index (χ0v) is 15.6. The topological polar surface area (TPSA) is 98.7 Å². The van der Waals surface area contributed by atoms with Crippen molar-refractivity contribution < 1.29 is 4.52 Å². The van der Waals surface area contributed by atoms with Gasteiger partial charge in [-0.25, -0.2) is 9.78 Å². The Kier molecular flexibility index (Phi) is 4.92. The molecule has 0 aliphatic rings. The summed E-state index contributed by atoms with van der Waals surface area (Å²) in [5.41, 5.74) is 1.89. The molecule has 3 aromatic heterocycles. The maximum Gasteiger partial charge on any atom is 0.332 e. The summed E-state index contributed by atoms with van der Waals surface area (Å²) in [4.78, 5) is 33.5. The Morgan fingerprint density at radius 1 is 1.07 bits per heavy atom. The first-order valence-electron chi connectivity index (χ1n) is 9.32. The normalized spacial score (nSPS) is 11.3. The van der Waals surface area contributed by atoms with Gasteiger partial charge in [0.25, 0.3) is 5.56 Å². The molecule has 0 amide bonds. The van der Waals surface area contributed by atoms with Crippen molar-refractivity contribution in [2.24, 2.45) is 0 Å². The van der Waals surface area contributed by atoms with Crippen LogP contribution in [0, 0.1) is 0 Å². The highest BCUT2D eigenvalue weighted by Crippen LogP contribution is 2.11. The maximum atomic E-state index is 12.9. The molecule has 28 heavy (non-hydrogen) atoms. The van der Waals surface area contributed by atoms with Gasteiger partial charge in [0.2, 0.25) is 0 Å². The van der Waals surface area contributed by atoms with Crippen molar-refractivity contribution in [3.05, 3.63) is 80.6 Å². The molecule has 0 spiro atoms. The molecule has 0 saturated carbocycles. The van der Waals surface area contributed by atoms with Crippen LogP contribution in [-0.2, 0) is 25.9 Å². The van der Waals surface area contributed by atoms with Crippen LogP contribution in [-0.4, -0.2) is 24.3 Å². The predicted molar refractivity (Wildman–Crippen MR) is 104 cm³/mol. The Balaban J connectivity index is 1.80. The lowest BCUT2D eigenvalue weighted by atomic mass is 10.1. The van der Waals surface area contributed by atoms with Crippen LogP contribution in [0.25, 0.3) is 11.2 Å². The standard InChI is InChI=1S/C20H21N5O3/c1-2-10-25-19(26)17-18(22-16(21-17)13-14-6-4-3-5-7-14)24(20(25)27)11-8-15-9-12-28-23-15/h3-7,9,12H,2,8,10-11,13H2,1H3,(H,21,22). The molecule has 0 unspecified atom stereocenters. The molecule has 0 aliphatic carbocycles. The molecule has 0 fully saturated rings. The van der Waals surface area contributed by atoms with Crippen molar-refractivity contribution in [1.29, 1.82) is 0 Å². The second-order valence-corrected chi connectivity index (χ2v) is 6.68. The number of hydrogen-bond acceptors (Lipinski definition) is 5. The summed E-state index contributed by atoms with van der Waals surface area (Å²) in [6, 6.07) is 11.6. The first-order chi connectivity index (χ1) is 13.7. The van der Waals surface area contributed by atoms with E-state index in [0.717, 1.165) is 11.3 Å². The molecule has 4 rings (SSSR count). The van der Waals surface area contributed by atoms with Gasteiger partial charge in [-0.15, -0.1) is 0 Å². The molecule has 3 heterocycles. The summed E-state index contributed by atoms with van der Waals surface area (Å²) in [5.74, 6) is 0.655. The van der Waals surface area contributed by atoms with Crippen molar-refractivity contribution in [2.75, 3.05) is 0 Å². The fraction of sp³-hybridized carbons (Fsp3) is 0.300. The van der Waals surface area contributed by atoms with Gasteiger partial charge in [-0.1, -0.05) is 42.4 Å². The summed E-state index contributed by atoms with van der Waals surface area (Å²) in [6.07, 6.45) is 3.25. The summed E-state index contributed by atoms with van der Waals surface area (Å²) in [7, 11) is 0. The van der Waals surface area contributed by atoms with E-state index in [1.807, 2.05) is 37.3 Å². The number of aromatic amines is 1. The number of imidazole rings is 1. The fourth-order valence-corrected chi connectivity index (χ4v) is 3.30. The lowest BCUT2D eigenvalue weighted by Crippen LogP contribution is -2.40. The van der Waals surface area contributed by atoms with E-state index in [-0.39, 0.29) is 11.2 Å². The van der Waals surface area contributed by atoms with Crippen LogP contribution in [0.5, 0.6) is 0 Å². The number of hydrogen-bond donors (Lipinski definition) is 1. The lowest BCUT2D eigenvalue weighted by Gasteiger charge is -2.09. The fourth-order valence-electron chi connectivity index (χ4n) is 3.30. The number of aryl methyl sites for hydroxylation is 2. The molecule has 0 saturated heterocycles. The summed E-state index contributed by atoms with van der Waals surface area (Å²) < 4.78 is 7.68. The highest BCUT2D eigenvalue weighted by molar-refractivity contribution is 5.70. The van der Waals surface area contributed by atoms with Crippen LogP contribution < -0.4 is 11.2 Å². The summed E-state index contributed by atoms with van der Waals surface area (Å²) >= 11 is 0. The van der Waals surface area contributed by atoms with Gasteiger partial charge in [0.05, 0.1) is 5.69 Å².